The number of halogens is 1. The zero-order chi connectivity index (χ0) is 14.5. The van der Waals surface area contributed by atoms with E-state index in [-0.39, 0.29) is 5.82 Å². The molecule has 106 valence electrons. The lowest BCUT2D eigenvalue weighted by Gasteiger charge is -2.04. The Hall–Kier alpha value is -2.62. The fourth-order valence-corrected chi connectivity index (χ4v) is 2.13. The Balaban J connectivity index is 1.59. The molecule has 0 fully saturated rings. The highest BCUT2D eigenvalue weighted by atomic mass is 19.1. The van der Waals surface area contributed by atoms with Gasteiger partial charge in [0.05, 0.1) is 12.7 Å². The van der Waals surface area contributed by atoms with E-state index in [4.69, 9.17) is 0 Å². The van der Waals surface area contributed by atoms with E-state index in [2.05, 4.69) is 22.5 Å². The highest BCUT2D eigenvalue weighted by molar-refractivity contribution is 5.43. The minimum Gasteiger partial charge on any atom is -0.381 e. The van der Waals surface area contributed by atoms with Gasteiger partial charge in [-0.2, -0.15) is 5.10 Å². The molecule has 1 aromatic heterocycles. The molecule has 3 aromatic rings. The number of aromatic nitrogens is 2. The van der Waals surface area contributed by atoms with Crippen molar-refractivity contribution in [1.29, 1.82) is 0 Å². The summed E-state index contributed by atoms with van der Waals surface area (Å²) < 4.78 is 14.7. The van der Waals surface area contributed by atoms with Gasteiger partial charge in [-0.25, -0.2) is 4.39 Å². The zero-order valence-electron chi connectivity index (χ0n) is 11.5. The van der Waals surface area contributed by atoms with Gasteiger partial charge in [0.1, 0.15) is 5.82 Å². The number of hydrogen-bond donors (Lipinski definition) is 1. The summed E-state index contributed by atoms with van der Waals surface area (Å²) in [6.45, 7) is 1.43. The van der Waals surface area contributed by atoms with Crippen molar-refractivity contribution >= 4 is 5.69 Å². The first-order valence-corrected chi connectivity index (χ1v) is 6.84. The molecule has 21 heavy (non-hydrogen) atoms. The molecular formula is C17H16FN3. The Labute approximate surface area is 123 Å². The second-order valence-electron chi connectivity index (χ2n) is 4.89. The predicted molar refractivity (Wildman–Crippen MR) is 81.5 cm³/mol. The van der Waals surface area contributed by atoms with Crippen molar-refractivity contribution in [3.8, 4) is 0 Å². The Bertz CT molecular complexity index is 690. The van der Waals surface area contributed by atoms with Gasteiger partial charge in [-0.3, -0.25) is 4.68 Å². The predicted octanol–water partition coefficient (Wildman–Crippen LogP) is 3.68. The van der Waals surface area contributed by atoms with Crippen LogP contribution in [0.25, 0.3) is 0 Å². The SMILES string of the molecule is Fc1ccc(NCc2cnn(Cc3ccccc3)c2)cc1. The van der Waals surface area contributed by atoms with E-state index in [0.29, 0.717) is 6.54 Å². The standard InChI is InChI=1S/C17H16FN3/c18-16-6-8-17(9-7-16)19-10-15-11-20-21(13-15)12-14-4-2-1-3-5-14/h1-9,11,13,19H,10,12H2. The molecule has 0 atom stereocenters. The Morgan fingerprint density at radius 3 is 2.48 bits per heavy atom. The molecule has 0 aliphatic rings. The van der Waals surface area contributed by atoms with Crippen molar-refractivity contribution in [3.63, 3.8) is 0 Å². The lowest BCUT2D eigenvalue weighted by Crippen LogP contribution is -2.00. The maximum absolute atomic E-state index is 12.8. The summed E-state index contributed by atoms with van der Waals surface area (Å²) in [6, 6.07) is 16.6. The smallest absolute Gasteiger partial charge is 0.123 e. The number of hydrogen-bond acceptors (Lipinski definition) is 2. The molecule has 0 unspecified atom stereocenters. The summed E-state index contributed by atoms with van der Waals surface area (Å²) >= 11 is 0. The molecule has 0 saturated carbocycles. The summed E-state index contributed by atoms with van der Waals surface area (Å²) in [5.41, 5.74) is 3.21. The second-order valence-corrected chi connectivity index (χ2v) is 4.89. The van der Waals surface area contributed by atoms with E-state index >= 15 is 0 Å². The normalized spacial score (nSPS) is 10.5. The van der Waals surface area contributed by atoms with Crippen LogP contribution in [-0.2, 0) is 13.1 Å². The molecule has 0 bridgehead atoms. The van der Waals surface area contributed by atoms with E-state index < -0.39 is 0 Å². The van der Waals surface area contributed by atoms with Crippen LogP contribution in [0.5, 0.6) is 0 Å². The van der Waals surface area contributed by atoms with E-state index in [1.54, 1.807) is 12.1 Å². The van der Waals surface area contributed by atoms with Gasteiger partial charge in [-0.1, -0.05) is 30.3 Å². The third kappa shape index (κ3) is 3.69. The molecule has 3 nitrogen and oxygen atoms in total. The number of rotatable bonds is 5. The van der Waals surface area contributed by atoms with Crippen LogP contribution in [0.15, 0.2) is 67.0 Å². The molecule has 0 amide bonds. The van der Waals surface area contributed by atoms with Crippen molar-refractivity contribution in [2.24, 2.45) is 0 Å². The fraction of sp³-hybridized carbons (Fsp3) is 0.118. The zero-order valence-corrected chi connectivity index (χ0v) is 11.5. The van der Waals surface area contributed by atoms with E-state index in [9.17, 15) is 4.39 Å². The van der Waals surface area contributed by atoms with Gasteiger partial charge in [0.15, 0.2) is 0 Å². The van der Waals surface area contributed by atoms with Crippen LogP contribution in [0.2, 0.25) is 0 Å². The first kappa shape index (κ1) is 13.4. The first-order chi connectivity index (χ1) is 10.3. The molecular weight excluding hydrogens is 265 g/mol. The Morgan fingerprint density at radius 2 is 1.71 bits per heavy atom. The number of benzene rings is 2. The monoisotopic (exact) mass is 281 g/mol. The topological polar surface area (TPSA) is 29.9 Å². The van der Waals surface area contributed by atoms with E-state index in [0.717, 1.165) is 17.8 Å². The fourth-order valence-electron chi connectivity index (χ4n) is 2.13. The van der Waals surface area contributed by atoms with Gasteiger partial charge in [-0.05, 0) is 29.8 Å². The van der Waals surface area contributed by atoms with Crippen molar-refractivity contribution in [1.82, 2.24) is 9.78 Å². The first-order valence-electron chi connectivity index (χ1n) is 6.84. The molecule has 1 heterocycles. The maximum Gasteiger partial charge on any atom is 0.123 e. The number of nitrogens with zero attached hydrogens (tertiary/aromatic N) is 2. The van der Waals surface area contributed by atoms with Gasteiger partial charge in [0.2, 0.25) is 0 Å². The van der Waals surface area contributed by atoms with Gasteiger partial charge in [0.25, 0.3) is 0 Å². The van der Waals surface area contributed by atoms with Gasteiger partial charge < -0.3 is 5.32 Å². The molecule has 1 N–H and O–H groups in total. The molecule has 0 spiro atoms. The lowest BCUT2D eigenvalue weighted by molar-refractivity contribution is 0.628. The van der Waals surface area contributed by atoms with Gasteiger partial charge in [-0.15, -0.1) is 0 Å². The van der Waals surface area contributed by atoms with Crippen LogP contribution in [-0.4, -0.2) is 9.78 Å². The number of nitrogens with one attached hydrogen (secondary N) is 1. The highest BCUT2D eigenvalue weighted by Gasteiger charge is 2.00. The molecule has 3 rings (SSSR count). The molecule has 0 aliphatic carbocycles. The Kier molecular flexibility index (Phi) is 3.96. The molecule has 0 radical (unpaired) electrons. The molecule has 2 aromatic carbocycles. The molecule has 0 aliphatic heterocycles. The maximum atomic E-state index is 12.8. The van der Waals surface area contributed by atoms with Crippen molar-refractivity contribution in [3.05, 3.63) is 83.9 Å². The summed E-state index contributed by atoms with van der Waals surface area (Å²) in [4.78, 5) is 0. The van der Waals surface area contributed by atoms with Gasteiger partial charge >= 0.3 is 0 Å². The minimum atomic E-state index is -0.226. The lowest BCUT2D eigenvalue weighted by atomic mass is 10.2. The van der Waals surface area contributed by atoms with Crippen LogP contribution in [0, 0.1) is 5.82 Å². The highest BCUT2D eigenvalue weighted by Crippen LogP contribution is 2.10. The van der Waals surface area contributed by atoms with Gasteiger partial charge in [0, 0.05) is 24.0 Å². The van der Waals surface area contributed by atoms with Crippen LogP contribution in [0.4, 0.5) is 10.1 Å². The Morgan fingerprint density at radius 1 is 0.952 bits per heavy atom. The van der Waals surface area contributed by atoms with Crippen LogP contribution in [0.1, 0.15) is 11.1 Å². The summed E-state index contributed by atoms with van der Waals surface area (Å²) in [5.74, 6) is -0.226. The van der Waals surface area contributed by atoms with Crippen molar-refractivity contribution in [2.45, 2.75) is 13.1 Å². The summed E-state index contributed by atoms with van der Waals surface area (Å²) in [5, 5.41) is 7.60. The average molecular weight is 281 g/mol. The van der Waals surface area contributed by atoms with Crippen LogP contribution < -0.4 is 5.32 Å². The van der Waals surface area contributed by atoms with Crippen molar-refractivity contribution < 1.29 is 4.39 Å². The quantitative estimate of drug-likeness (QED) is 0.773. The third-order valence-electron chi connectivity index (χ3n) is 3.21. The molecule has 0 saturated heterocycles. The third-order valence-corrected chi connectivity index (χ3v) is 3.21. The number of anilines is 1. The van der Waals surface area contributed by atoms with Crippen molar-refractivity contribution in [2.75, 3.05) is 5.32 Å². The second kappa shape index (κ2) is 6.22. The van der Waals surface area contributed by atoms with Crippen LogP contribution in [0.3, 0.4) is 0 Å². The van der Waals surface area contributed by atoms with Crippen LogP contribution >= 0.6 is 0 Å². The van der Waals surface area contributed by atoms with E-state index in [1.807, 2.05) is 35.3 Å². The summed E-state index contributed by atoms with van der Waals surface area (Å²) in [7, 11) is 0. The molecule has 4 heteroatoms. The minimum absolute atomic E-state index is 0.226. The van der Waals surface area contributed by atoms with E-state index in [1.165, 1.54) is 17.7 Å². The largest absolute Gasteiger partial charge is 0.381 e. The average Bonchev–Trinajstić information content (AvgIpc) is 2.95. The summed E-state index contributed by atoms with van der Waals surface area (Å²) in [6.07, 6.45) is 3.86.